The van der Waals surface area contributed by atoms with Crippen LogP contribution in [0.1, 0.15) is 115 Å². The molecule has 2 aliphatic carbocycles. The van der Waals surface area contributed by atoms with Crippen molar-refractivity contribution in [2.24, 2.45) is 0 Å². The Kier molecular flexibility index (Phi) is 77.7. The van der Waals surface area contributed by atoms with Crippen LogP contribution in [0.5, 0.6) is 0 Å². The van der Waals surface area contributed by atoms with Gasteiger partial charge in [-0.1, -0.05) is 97.1 Å². The van der Waals surface area contributed by atoms with Gasteiger partial charge in [0.2, 0.25) is 0 Å². The van der Waals surface area contributed by atoms with Gasteiger partial charge in [-0.25, -0.2) is 24.3 Å². The Morgan fingerprint density at radius 1 is 0.427 bits per heavy atom. The van der Waals surface area contributed by atoms with Crippen molar-refractivity contribution in [1.82, 2.24) is 0 Å². The molecule has 0 N–H and O–H groups in total. The van der Waals surface area contributed by atoms with E-state index in [-0.39, 0.29) is 51.8 Å². The average molecular weight is 1530 g/mol. The van der Waals surface area contributed by atoms with E-state index in [1.54, 1.807) is 12.1 Å². The summed E-state index contributed by atoms with van der Waals surface area (Å²) < 4.78 is 78.0. The van der Waals surface area contributed by atoms with E-state index in [9.17, 15) is 44.1 Å². The molecule has 0 atom stereocenters. The van der Waals surface area contributed by atoms with Crippen LogP contribution in [0, 0.1) is 48.0 Å². The first-order valence-electron chi connectivity index (χ1n) is 25.3. The third-order valence-corrected chi connectivity index (χ3v) is 7.22. The van der Waals surface area contributed by atoms with Gasteiger partial charge in [0.1, 0.15) is 11.6 Å². The number of carbonyl (C=O) groups is 2. The second-order valence-electron chi connectivity index (χ2n) is 17.1. The fourth-order valence-electron chi connectivity index (χ4n) is 4.53. The number of allylic oxidation sites excluding steroid dienone is 12. The Morgan fingerprint density at radius 2 is 0.561 bits per heavy atom. The van der Waals surface area contributed by atoms with E-state index in [0.717, 1.165) is 33.4 Å². The van der Waals surface area contributed by atoms with Gasteiger partial charge >= 0.3 is 54.7 Å². The van der Waals surface area contributed by atoms with Crippen molar-refractivity contribution in [3.8, 4) is 12.1 Å². The maximum atomic E-state index is 9.75. The molecule has 2 aliphatic rings. The van der Waals surface area contributed by atoms with Crippen LogP contribution in [0.15, 0.2) is 182 Å². The molecule has 452 valence electrons. The maximum absolute atomic E-state index is 9.75. The largest absolute Gasteiger partial charge is 3.00 e. The number of hydrogen-bond donors (Lipinski definition) is 0. The minimum atomic E-state index is -6.00. The van der Waals surface area contributed by atoms with Gasteiger partial charge in [-0.05, 0) is 119 Å². The van der Waals surface area contributed by atoms with Gasteiger partial charge < -0.3 is 44.1 Å². The summed E-state index contributed by atoms with van der Waals surface area (Å²) in [4.78, 5) is 18.9. The monoisotopic (exact) mass is 1530 g/mol. The van der Waals surface area contributed by atoms with Crippen LogP contribution < -0.4 is 0 Å². The van der Waals surface area contributed by atoms with E-state index in [4.69, 9.17) is 23.7 Å². The normalized spacial score (nSPS) is 12.7. The molecule has 0 saturated heterocycles. The number of hydrogen-bond acceptors (Lipinski definition) is 4. The number of halogens is 8. The third-order valence-electron chi connectivity index (χ3n) is 7.22. The van der Waals surface area contributed by atoms with Gasteiger partial charge in [-0.3, -0.25) is 24.3 Å². The van der Waals surface area contributed by atoms with Gasteiger partial charge in [0.15, 0.2) is 0 Å². The third kappa shape index (κ3) is 110. The quantitative estimate of drug-likeness (QED) is 0.0481. The summed E-state index contributed by atoms with van der Waals surface area (Å²) in [5, 5.41) is 14.6. The predicted octanol–water partition coefficient (Wildman–Crippen LogP) is 20.7. The van der Waals surface area contributed by atoms with E-state index < -0.39 is 14.5 Å². The van der Waals surface area contributed by atoms with Crippen LogP contribution in [0.3, 0.4) is 0 Å². The van der Waals surface area contributed by atoms with E-state index in [2.05, 4.69) is 101 Å². The standard InChI is InChI=1S/2C16H12.2C8H12.2C3H6O.2C3H9P.2C2H3N.2BF4.2Ir/c2*1-14(16-10-6-3-7-11-16)12-13-15-8-4-2-5-9-15;2*1-2-4-6-8-7-5-3-1;2*1-3(2)4;2*1-4(2)3;2*1-2-3;2*2-1(3,4)5;;/h2*1-12H;2*1-2,7-8H,3-6H2;2*1-2H3;2*1-3H3;2*1H3;;;;/q2*-2;;;;;;;;;2*-1;2*+3/b;;2*2-1-,8-7-;;;;;;;;;;. The van der Waals surface area contributed by atoms with Crippen LogP contribution >= 0.6 is 15.8 Å². The minimum Gasteiger partial charge on any atom is -0.418 e. The van der Waals surface area contributed by atoms with Crippen molar-refractivity contribution in [2.45, 2.75) is 92.9 Å². The molecule has 0 unspecified atom stereocenters. The summed E-state index contributed by atoms with van der Waals surface area (Å²) in [6.07, 6.45) is 37.9. The van der Waals surface area contributed by atoms with Crippen molar-refractivity contribution in [3.63, 3.8) is 0 Å². The van der Waals surface area contributed by atoms with E-state index in [1.165, 1.54) is 92.9 Å². The molecule has 0 amide bonds. The molecular weight excluding hydrogens is 1450 g/mol. The Labute approximate surface area is 519 Å². The number of nitriles is 2. The molecule has 0 aliphatic heterocycles. The Morgan fingerprint density at radius 3 is 0.707 bits per heavy atom. The van der Waals surface area contributed by atoms with Crippen LogP contribution in [-0.2, 0) is 49.8 Å². The number of benzene rings is 4. The van der Waals surface area contributed by atoms with Crippen molar-refractivity contribution in [2.75, 3.05) is 40.0 Å². The second kappa shape index (κ2) is 68.3. The van der Waals surface area contributed by atoms with E-state index >= 15 is 0 Å². The van der Waals surface area contributed by atoms with Crippen molar-refractivity contribution in [3.05, 3.63) is 230 Å². The van der Waals surface area contributed by atoms with Crippen LogP contribution in [0.4, 0.5) is 34.5 Å². The number of ketones is 2. The number of rotatable bonds is 6. The molecule has 0 bridgehead atoms. The SMILES string of the molecule is C1=C\CC/C=C\CC/1.C1=C\CC/C=C\CC/1.CC#N.CC#N.CC(C)=O.CC(C)=O.CP(C)C.CP(C)C.F[B-](F)(F)F.F[B-](F)(F)F.[CH-]=C(C=[C-]c1ccccc1)c1ccccc1.[CH-]=C(C=[C-]c1ccccc1)c1ccccc1.[Ir+3].[Ir+3]. The van der Waals surface area contributed by atoms with Crippen molar-refractivity contribution in [1.29, 1.82) is 10.5 Å². The fraction of sp³-hybridized carbons (Fsp3) is 0.312. The van der Waals surface area contributed by atoms with Gasteiger partial charge in [-0.15, -0.1) is 88.6 Å². The summed E-state index contributed by atoms with van der Waals surface area (Å²) in [6, 6.07) is 43.1. The first-order chi connectivity index (χ1) is 37.5. The van der Waals surface area contributed by atoms with E-state index in [0.29, 0.717) is 15.8 Å². The molecule has 0 aromatic heterocycles. The zero-order valence-electron chi connectivity index (χ0n) is 49.6. The zero-order chi connectivity index (χ0) is 62.5. The molecule has 4 nitrogen and oxygen atoms in total. The summed E-state index contributed by atoms with van der Waals surface area (Å²) in [6.45, 7) is 34.2. The first kappa shape index (κ1) is 93.3. The fourth-order valence-corrected chi connectivity index (χ4v) is 4.53. The molecule has 0 spiro atoms. The van der Waals surface area contributed by atoms with Gasteiger partial charge in [0.05, 0.1) is 12.1 Å². The van der Waals surface area contributed by atoms with Crippen LogP contribution in [0.2, 0.25) is 0 Å². The predicted molar refractivity (Wildman–Crippen MR) is 334 cm³/mol. The zero-order valence-corrected chi connectivity index (χ0v) is 56.2. The molecule has 0 radical (unpaired) electrons. The molecular formula is C64H84B2F8Ir2N2O2P2. The molecule has 0 fully saturated rings. The molecule has 18 heteroatoms. The second-order valence-corrected chi connectivity index (χ2v) is 22.5. The number of Topliss-reactive ketones (excluding diaryl/α,β-unsaturated/α-hetero) is 2. The summed E-state index contributed by atoms with van der Waals surface area (Å²) in [5.41, 5.74) is 5.55. The van der Waals surface area contributed by atoms with Gasteiger partial charge in [0.25, 0.3) is 0 Å². The molecule has 4 aromatic rings. The van der Waals surface area contributed by atoms with E-state index in [1.807, 2.05) is 133 Å². The first-order valence-corrected chi connectivity index (χ1v) is 30.6. The molecule has 0 heterocycles. The Balaban J connectivity index is -0.000000128. The smallest absolute Gasteiger partial charge is 0.418 e. The Hall–Kier alpha value is -5.15. The van der Waals surface area contributed by atoms with Crippen molar-refractivity contribution < 1.29 is 84.3 Å². The molecule has 82 heavy (non-hydrogen) atoms. The van der Waals surface area contributed by atoms with Gasteiger partial charge in [-0.2, -0.15) is 32.8 Å². The minimum absolute atomic E-state index is 0. The molecule has 6 rings (SSSR count). The maximum Gasteiger partial charge on any atom is 3.00 e. The summed E-state index contributed by atoms with van der Waals surface area (Å²) in [7, 11) is -11.2. The molecule has 4 aromatic carbocycles. The number of carbonyl (C=O) groups excluding carboxylic acids is 2. The van der Waals surface area contributed by atoms with Gasteiger partial charge in [0, 0.05) is 13.8 Å². The van der Waals surface area contributed by atoms with Crippen LogP contribution in [-0.4, -0.2) is 66.1 Å². The average Bonchev–Trinajstić information content (AvgIpc) is 3.33. The number of nitrogens with zero attached hydrogens (tertiary/aromatic N) is 2. The topological polar surface area (TPSA) is 81.7 Å². The van der Waals surface area contributed by atoms with Crippen molar-refractivity contribution >= 4 is 53.1 Å². The van der Waals surface area contributed by atoms with Crippen LogP contribution in [0.25, 0.3) is 11.1 Å². The molecule has 0 saturated carbocycles. The summed E-state index contributed by atoms with van der Waals surface area (Å²) >= 11 is 0. The Bertz CT molecular complexity index is 2130. The summed E-state index contributed by atoms with van der Waals surface area (Å²) in [5.74, 6) is 0.333.